The maximum Gasteiger partial charge on any atom is 0.0808 e. The van der Waals surface area contributed by atoms with Crippen LogP contribution in [0, 0.1) is 0 Å². The third kappa shape index (κ3) is 1.93. The van der Waals surface area contributed by atoms with Crippen molar-refractivity contribution >= 4 is 32.7 Å². The second kappa shape index (κ2) is 6.30. The fourth-order valence-electron chi connectivity index (χ4n) is 7.25. The first-order valence-corrected chi connectivity index (χ1v) is 12.5. The summed E-state index contributed by atoms with van der Waals surface area (Å²) in [6.07, 6.45) is 1.92. The van der Waals surface area contributed by atoms with Crippen LogP contribution in [0.5, 0.6) is 0 Å². The van der Waals surface area contributed by atoms with Gasteiger partial charge in [0, 0.05) is 33.4 Å². The Hall–Kier alpha value is -4.69. The summed E-state index contributed by atoms with van der Waals surface area (Å²) in [4.78, 5) is 8.84. The topological polar surface area (TPSA) is 28.7 Å². The minimum Gasteiger partial charge on any atom is -0.354 e. The molecule has 2 heteroatoms. The van der Waals surface area contributed by atoms with E-state index in [1.165, 1.54) is 66.2 Å². The molecule has 1 N–H and O–H groups in total. The van der Waals surface area contributed by atoms with Gasteiger partial charge in [-0.2, -0.15) is 0 Å². The Morgan fingerprint density at radius 3 is 1.89 bits per heavy atom. The van der Waals surface area contributed by atoms with Crippen molar-refractivity contribution in [2.24, 2.45) is 0 Å². The molecule has 2 heterocycles. The smallest absolute Gasteiger partial charge is 0.0808 e. The first-order valence-electron chi connectivity index (χ1n) is 12.5. The molecule has 0 amide bonds. The zero-order chi connectivity index (χ0) is 23.4. The number of para-hydroxylation sites is 1. The highest BCUT2D eigenvalue weighted by Crippen LogP contribution is 2.65. The van der Waals surface area contributed by atoms with Gasteiger partial charge in [-0.25, -0.2) is 0 Å². The van der Waals surface area contributed by atoms with Gasteiger partial charge in [0.1, 0.15) is 0 Å². The van der Waals surface area contributed by atoms with Gasteiger partial charge in [0.15, 0.2) is 0 Å². The number of nitrogens with zero attached hydrogens (tertiary/aromatic N) is 1. The Morgan fingerprint density at radius 2 is 1.14 bits per heavy atom. The molecule has 0 aliphatic heterocycles. The van der Waals surface area contributed by atoms with E-state index in [-0.39, 0.29) is 5.41 Å². The van der Waals surface area contributed by atoms with Crippen LogP contribution in [0.15, 0.2) is 115 Å². The average molecular weight is 457 g/mol. The Labute approximate surface area is 207 Å². The van der Waals surface area contributed by atoms with Crippen LogP contribution in [0.3, 0.4) is 0 Å². The summed E-state index contributed by atoms with van der Waals surface area (Å²) in [6, 6.07) is 39.9. The monoisotopic (exact) mass is 456 g/mol. The van der Waals surface area contributed by atoms with E-state index in [9.17, 15) is 0 Å². The summed E-state index contributed by atoms with van der Waals surface area (Å²) in [5, 5.41) is 3.66. The lowest BCUT2D eigenvalue weighted by molar-refractivity contribution is 0.800. The van der Waals surface area contributed by atoms with Crippen molar-refractivity contribution in [1.82, 2.24) is 9.97 Å². The fraction of sp³-hybridized carbons (Fsp3) is 0.0294. The number of hydrogen-bond donors (Lipinski definition) is 1. The molecule has 0 radical (unpaired) electrons. The van der Waals surface area contributed by atoms with Crippen molar-refractivity contribution in [2.75, 3.05) is 0 Å². The number of benzene rings is 5. The molecule has 0 bridgehead atoms. The lowest BCUT2D eigenvalue weighted by Crippen LogP contribution is -2.26. The molecule has 0 unspecified atom stereocenters. The van der Waals surface area contributed by atoms with Crippen LogP contribution in [0.2, 0.25) is 0 Å². The predicted molar refractivity (Wildman–Crippen MR) is 147 cm³/mol. The number of rotatable bonds is 0. The average Bonchev–Trinajstić information content (AvgIpc) is 3.58. The zero-order valence-electron chi connectivity index (χ0n) is 19.4. The summed E-state index contributed by atoms with van der Waals surface area (Å²) in [5.74, 6) is 0. The molecule has 36 heavy (non-hydrogen) atoms. The van der Waals surface area contributed by atoms with Gasteiger partial charge in [0.05, 0.1) is 16.4 Å². The summed E-state index contributed by atoms with van der Waals surface area (Å²) in [6.45, 7) is 0. The van der Waals surface area contributed by atoms with Crippen LogP contribution in [0.1, 0.15) is 22.3 Å². The van der Waals surface area contributed by atoms with Crippen molar-refractivity contribution < 1.29 is 0 Å². The van der Waals surface area contributed by atoms with Crippen molar-refractivity contribution in [3.8, 4) is 22.3 Å². The number of nitrogens with one attached hydrogen (secondary N) is 1. The fourth-order valence-corrected chi connectivity index (χ4v) is 7.25. The van der Waals surface area contributed by atoms with Crippen LogP contribution in [0.25, 0.3) is 55.0 Å². The van der Waals surface area contributed by atoms with E-state index in [0.717, 1.165) is 11.0 Å². The SMILES string of the molecule is c1ccc2c(c1)-c1ccccc1C21c2ccccc2-c2c1c1[nH]c3ccccc3c1c1ncccc21. The molecule has 2 aromatic heterocycles. The maximum atomic E-state index is 4.97. The van der Waals surface area contributed by atoms with E-state index in [0.29, 0.717) is 0 Å². The van der Waals surface area contributed by atoms with Crippen LogP contribution >= 0.6 is 0 Å². The third-order valence-electron chi connectivity index (χ3n) is 8.45. The molecule has 0 saturated carbocycles. The van der Waals surface area contributed by atoms with Crippen LogP contribution in [-0.4, -0.2) is 9.97 Å². The van der Waals surface area contributed by atoms with E-state index in [1.807, 2.05) is 6.20 Å². The molecule has 1 spiro atoms. The van der Waals surface area contributed by atoms with Gasteiger partial charge in [0.2, 0.25) is 0 Å². The summed E-state index contributed by atoms with van der Waals surface area (Å²) < 4.78 is 0. The van der Waals surface area contributed by atoms with Crippen LogP contribution in [0.4, 0.5) is 0 Å². The number of aromatic amines is 1. The van der Waals surface area contributed by atoms with Gasteiger partial charge in [-0.1, -0.05) is 97.1 Å². The maximum absolute atomic E-state index is 4.97. The highest BCUT2D eigenvalue weighted by atomic mass is 14.7. The summed E-state index contributed by atoms with van der Waals surface area (Å²) in [5.41, 5.74) is 13.7. The molecule has 9 rings (SSSR count). The lowest BCUT2D eigenvalue weighted by atomic mass is 9.70. The first-order chi connectivity index (χ1) is 17.9. The second-order valence-corrected chi connectivity index (χ2v) is 9.96. The van der Waals surface area contributed by atoms with E-state index < -0.39 is 0 Å². The van der Waals surface area contributed by atoms with Crippen molar-refractivity contribution in [2.45, 2.75) is 5.41 Å². The largest absolute Gasteiger partial charge is 0.354 e. The van der Waals surface area contributed by atoms with Crippen LogP contribution < -0.4 is 0 Å². The van der Waals surface area contributed by atoms with Gasteiger partial charge in [-0.3, -0.25) is 4.98 Å². The van der Waals surface area contributed by atoms with Gasteiger partial charge < -0.3 is 4.98 Å². The van der Waals surface area contributed by atoms with E-state index >= 15 is 0 Å². The number of hydrogen-bond acceptors (Lipinski definition) is 1. The molecule has 0 fully saturated rings. The van der Waals surface area contributed by atoms with Gasteiger partial charge in [-0.05, 0) is 51.1 Å². The van der Waals surface area contributed by atoms with Gasteiger partial charge >= 0.3 is 0 Å². The van der Waals surface area contributed by atoms with E-state index in [2.05, 4.69) is 114 Å². The molecular weight excluding hydrogens is 436 g/mol. The Morgan fingerprint density at radius 1 is 0.556 bits per heavy atom. The van der Waals surface area contributed by atoms with Crippen molar-refractivity contribution in [1.29, 1.82) is 0 Å². The summed E-state index contributed by atoms with van der Waals surface area (Å²) >= 11 is 0. The number of H-pyrrole nitrogens is 1. The zero-order valence-corrected chi connectivity index (χ0v) is 19.4. The first kappa shape index (κ1) is 18.6. The third-order valence-corrected chi connectivity index (χ3v) is 8.45. The molecule has 2 aliphatic carbocycles. The van der Waals surface area contributed by atoms with Crippen LogP contribution in [-0.2, 0) is 5.41 Å². The lowest BCUT2D eigenvalue weighted by Gasteiger charge is -2.31. The van der Waals surface area contributed by atoms with Gasteiger partial charge in [0.25, 0.3) is 0 Å². The quantitative estimate of drug-likeness (QED) is 0.245. The normalized spacial score (nSPS) is 14.3. The highest BCUT2D eigenvalue weighted by molar-refractivity contribution is 6.25. The minimum atomic E-state index is -0.387. The molecule has 2 aliphatic rings. The molecule has 5 aromatic carbocycles. The highest BCUT2D eigenvalue weighted by Gasteiger charge is 2.53. The molecule has 166 valence electrons. The number of aromatic nitrogens is 2. The van der Waals surface area contributed by atoms with E-state index in [4.69, 9.17) is 4.98 Å². The number of pyridine rings is 1. The Kier molecular flexibility index (Phi) is 3.26. The van der Waals surface area contributed by atoms with E-state index in [1.54, 1.807) is 0 Å². The molecule has 0 saturated heterocycles. The second-order valence-electron chi connectivity index (χ2n) is 9.96. The Bertz CT molecular complexity index is 2010. The minimum absolute atomic E-state index is 0.387. The van der Waals surface area contributed by atoms with Crippen molar-refractivity contribution in [3.63, 3.8) is 0 Å². The van der Waals surface area contributed by atoms with Crippen molar-refractivity contribution in [3.05, 3.63) is 138 Å². The molecule has 0 atom stereocenters. The Balaban J connectivity index is 1.64. The molecular formula is C34H20N2. The van der Waals surface area contributed by atoms with Gasteiger partial charge in [-0.15, -0.1) is 0 Å². The summed E-state index contributed by atoms with van der Waals surface area (Å²) in [7, 11) is 0. The number of fused-ring (bicyclic) bond motifs is 17. The molecule has 7 aromatic rings. The standard InChI is InChI=1S/C34H20N2/c1-5-15-25-20(10-1)21-11-2-6-16-26(21)34(25)27-17-7-3-12-22(27)29-24-14-9-19-35-32(24)30-23-13-4-8-18-28(23)36-33(30)31(29)34/h1-19,36H. The predicted octanol–water partition coefficient (Wildman–Crippen LogP) is 8.21. The molecule has 2 nitrogen and oxygen atoms in total.